The van der Waals surface area contributed by atoms with E-state index in [9.17, 15) is 4.39 Å². The highest BCUT2D eigenvalue weighted by atomic mass is 19.1. The number of aryl methyl sites for hydroxylation is 1. The van der Waals surface area contributed by atoms with Crippen LogP contribution in [0.15, 0.2) is 18.2 Å². The van der Waals surface area contributed by atoms with Gasteiger partial charge in [0.25, 0.3) is 0 Å². The maximum absolute atomic E-state index is 13.9. The van der Waals surface area contributed by atoms with Crippen molar-refractivity contribution >= 4 is 5.69 Å². The summed E-state index contributed by atoms with van der Waals surface area (Å²) >= 11 is 0. The van der Waals surface area contributed by atoms with Crippen LogP contribution < -0.4 is 4.90 Å². The van der Waals surface area contributed by atoms with Crippen molar-refractivity contribution in [1.29, 1.82) is 0 Å². The molecule has 0 atom stereocenters. The Morgan fingerprint density at radius 3 is 2.56 bits per heavy atom. The Morgan fingerprint density at radius 1 is 1.33 bits per heavy atom. The van der Waals surface area contributed by atoms with Gasteiger partial charge in [0.1, 0.15) is 5.82 Å². The number of rotatable bonds is 3. The van der Waals surface area contributed by atoms with Gasteiger partial charge in [-0.2, -0.15) is 0 Å². The van der Waals surface area contributed by atoms with Gasteiger partial charge in [-0.25, -0.2) is 4.39 Å². The molecule has 0 bridgehead atoms. The number of anilines is 1. The van der Waals surface area contributed by atoms with Crippen LogP contribution in [0.5, 0.6) is 0 Å². The quantitative estimate of drug-likeness (QED) is 0.813. The molecule has 0 unspecified atom stereocenters. The van der Waals surface area contributed by atoms with Crippen molar-refractivity contribution in [2.24, 2.45) is 0 Å². The average Bonchev–Trinajstić information content (AvgIpc) is 2.38. The van der Waals surface area contributed by atoms with E-state index >= 15 is 0 Å². The smallest absolute Gasteiger partial charge is 0.146 e. The molecule has 100 valence electrons. The van der Waals surface area contributed by atoms with Crippen molar-refractivity contribution in [1.82, 2.24) is 4.90 Å². The number of benzene rings is 1. The van der Waals surface area contributed by atoms with Crippen molar-refractivity contribution < 1.29 is 4.39 Å². The topological polar surface area (TPSA) is 6.48 Å². The van der Waals surface area contributed by atoms with E-state index in [1.807, 2.05) is 26.1 Å². The Hall–Kier alpha value is -1.09. The van der Waals surface area contributed by atoms with E-state index in [1.165, 1.54) is 0 Å². The molecule has 0 spiro atoms. The molecule has 2 rings (SSSR count). The van der Waals surface area contributed by atoms with Crippen LogP contribution >= 0.6 is 0 Å². The monoisotopic (exact) mass is 250 g/mol. The number of halogens is 1. The standard InChI is InChI=1S/C15H23FN2/c1-4-18-9-7-13(8-10-18)17(3)15-6-5-12(2)11-14(15)16/h5-6,11,13H,4,7-10H2,1-3H3. The summed E-state index contributed by atoms with van der Waals surface area (Å²) in [6, 6.07) is 5.96. The summed E-state index contributed by atoms with van der Waals surface area (Å²) < 4.78 is 13.9. The summed E-state index contributed by atoms with van der Waals surface area (Å²) in [7, 11) is 2.01. The molecule has 1 aromatic carbocycles. The first kappa shape index (κ1) is 13.3. The lowest BCUT2D eigenvalue weighted by atomic mass is 10.0. The van der Waals surface area contributed by atoms with Gasteiger partial charge in [0.15, 0.2) is 0 Å². The van der Waals surface area contributed by atoms with Crippen molar-refractivity contribution in [3.8, 4) is 0 Å². The highest BCUT2D eigenvalue weighted by Crippen LogP contribution is 2.25. The Labute approximate surface area is 109 Å². The minimum atomic E-state index is -0.101. The molecule has 0 radical (unpaired) electrons. The molecule has 1 aromatic rings. The summed E-state index contributed by atoms with van der Waals surface area (Å²) in [6.45, 7) is 7.49. The largest absolute Gasteiger partial charge is 0.369 e. The van der Waals surface area contributed by atoms with Crippen LogP contribution in [0, 0.1) is 12.7 Å². The van der Waals surface area contributed by atoms with Crippen LogP contribution in [0.1, 0.15) is 25.3 Å². The Balaban J connectivity index is 2.05. The Bertz CT molecular complexity index is 397. The second-order valence-electron chi connectivity index (χ2n) is 5.23. The first-order chi connectivity index (χ1) is 8.61. The van der Waals surface area contributed by atoms with Gasteiger partial charge in [-0.05, 0) is 44.0 Å². The van der Waals surface area contributed by atoms with Crippen LogP contribution in [-0.4, -0.2) is 37.6 Å². The fourth-order valence-corrected chi connectivity index (χ4v) is 2.72. The zero-order valence-corrected chi connectivity index (χ0v) is 11.6. The van der Waals surface area contributed by atoms with E-state index in [4.69, 9.17) is 0 Å². The minimum Gasteiger partial charge on any atom is -0.369 e. The third-order valence-electron chi connectivity index (χ3n) is 4.04. The van der Waals surface area contributed by atoms with Crippen LogP contribution in [0.3, 0.4) is 0 Å². The van der Waals surface area contributed by atoms with E-state index in [1.54, 1.807) is 6.07 Å². The van der Waals surface area contributed by atoms with E-state index < -0.39 is 0 Å². The van der Waals surface area contributed by atoms with Gasteiger partial charge in [0, 0.05) is 26.2 Å². The van der Waals surface area contributed by atoms with Gasteiger partial charge in [0.2, 0.25) is 0 Å². The number of hydrogen-bond acceptors (Lipinski definition) is 2. The van der Waals surface area contributed by atoms with Crippen molar-refractivity contribution in [2.75, 3.05) is 31.6 Å². The predicted octanol–water partition coefficient (Wildman–Crippen LogP) is 3.05. The average molecular weight is 250 g/mol. The van der Waals surface area contributed by atoms with E-state index in [-0.39, 0.29) is 5.82 Å². The summed E-state index contributed by atoms with van der Waals surface area (Å²) in [5, 5.41) is 0. The summed E-state index contributed by atoms with van der Waals surface area (Å²) in [4.78, 5) is 4.57. The first-order valence-electron chi connectivity index (χ1n) is 6.83. The number of piperidine rings is 1. The normalized spacial score (nSPS) is 18.0. The van der Waals surface area contributed by atoms with E-state index in [2.05, 4.69) is 16.7 Å². The molecule has 2 nitrogen and oxygen atoms in total. The van der Waals surface area contributed by atoms with Gasteiger partial charge in [-0.3, -0.25) is 0 Å². The van der Waals surface area contributed by atoms with Gasteiger partial charge in [-0.1, -0.05) is 13.0 Å². The molecule has 0 N–H and O–H groups in total. The molecule has 1 aliphatic rings. The predicted molar refractivity (Wildman–Crippen MR) is 74.7 cm³/mol. The Kier molecular flexibility index (Phi) is 4.23. The first-order valence-corrected chi connectivity index (χ1v) is 6.83. The van der Waals surface area contributed by atoms with Gasteiger partial charge in [0.05, 0.1) is 5.69 Å². The summed E-state index contributed by atoms with van der Waals surface area (Å²) in [5.41, 5.74) is 1.71. The van der Waals surface area contributed by atoms with Crippen LogP contribution in [0.2, 0.25) is 0 Å². The van der Waals surface area contributed by atoms with Crippen molar-refractivity contribution in [3.05, 3.63) is 29.6 Å². The molecule has 1 aliphatic heterocycles. The van der Waals surface area contributed by atoms with Crippen LogP contribution in [0.25, 0.3) is 0 Å². The third kappa shape index (κ3) is 2.83. The van der Waals surface area contributed by atoms with Crippen LogP contribution in [-0.2, 0) is 0 Å². The molecule has 0 aliphatic carbocycles. The van der Waals surface area contributed by atoms with Crippen molar-refractivity contribution in [2.45, 2.75) is 32.7 Å². The number of hydrogen-bond donors (Lipinski definition) is 0. The fraction of sp³-hybridized carbons (Fsp3) is 0.600. The van der Waals surface area contributed by atoms with Gasteiger partial charge < -0.3 is 9.80 Å². The minimum absolute atomic E-state index is 0.101. The molecular weight excluding hydrogens is 227 g/mol. The second kappa shape index (κ2) is 5.70. The second-order valence-corrected chi connectivity index (χ2v) is 5.23. The lowest BCUT2D eigenvalue weighted by molar-refractivity contribution is 0.220. The zero-order valence-electron chi connectivity index (χ0n) is 11.6. The van der Waals surface area contributed by atoms with E-state index in [0.29, 0.717) is 6.04 Å². The summed E-state index contributed by atoms with van der Waals surface area (Å²) in [5.74, 6) is -0.101. The molecule has 18 heavy (non-hydrogen) atoms. The SMILES string of the molecule is CCN1CCC(N(C)c2ccc(C)cc2F)CC1. The molecule has 0 aromatic heterocycles. The highest BCUT2D eigenvalue weighted by molar-refractivity contribution is 5.49. The molecule has 1 fully saturated rings. The molecule has 1 saturated heterocycles. The Morgan fingerprint density at radius 2 is 2.00 bits per heavy atom. The zero-order chi connectivity index (χ0) is 13.1. The maximum Gasteiger partial charge on any atom is 0.146 e. The molecule has 0 saturated carbocycles. The highest BCUT2D eigenvalue weighted by Gasteiger charge is 2.23. The molecule has 1 heterocycles. The lowest BCUT2D eigenvalue weighted by Crippen LogP contribution is -2.43. The van der Waals surface area contributed by atoms with Gasteiger partial charge in [-0.15, -0.1) is 0 Å². The molecular formula is C15H23FN2. The van der Waals surface area contributed by atoms with Crippen molar-refractivity contribution in [3.63, 3.8) is 0 Å². The number of likely N-dealkylation sites (tertiary alicyclic amines) is 1. The third-order valence-corrected chi connectivity index (χ3v) is 4.04. The van der Waals surface area contributed by atoms with Crippen LogP contribution in [0.4, 0.5) is 10.1 Å². The summed E-state index contributed by atoms with van der Waals surface area (Å²) in [6.07, 6.45) is 2.25. The molecule has 0 amide bonds. The maximum atomic E-state index is 13.9. The lowest BCUT2D eigenvalue weighted by Gasteiger charge is -2.37. The van der Waals surface area contributed by atoms with Gasteiger partial charge >= 0.3 is 0 Å². The van der Waals surface area contributed by atoms with E-state index in [0.717, 1.165) is 43.7 Å². The number of nitrogens with zero attached hydrogens (tertiary/aromatic N) is 2. The fourth-order valence-electron chi connectivity index (χ4n) is 2.72. The molecule has 3 heteroatoms.